The highest BCUT2D eigenvalue weighted by atomic mass is 16.5. The van der Waals surface area contributed by atoms with Crippen LogP contribution in [0.25, 0.3) is 0 Å². The lowest BCUT2D eigenvalue weighted by molar-refractivity contribution is 0.0709. The fraction of sp³-hybridized carbons (Fsp3) is 0.381. The van der Waals surface area contributed by atoms with Crippen molar-refractivity contribution < 1.29 is 9.32 Å². The Morgan fingerprint density at radius 3 is 2.63 bits per heavy atom. The predicted octanol–water partition coefficient (Wildman–Crippen LogP) is 3.63. The maximum absolute atomic E-state index is 12.8. The van der Waals surface area contributed by atoms with Crippen LogP contribution in [0.5, 0.6) is 0 Å². The van der Waals surface area contributed by atoms with E-state index in [9.17, 15) is 4.79 Å². The highest BCUT2D eigenvalue weighted by molar-refractivity contribution is 5.96. The van der Waals surface area contributed by atoms with Crippen LogP contribution >= 0.6 is 0 Å². The Morgan fingerprint density at radius 2 is 1.96 bits per heavy atom. The van der Waals surface area contributed by atoms with E-state index in [1.165, 1.54) is 16.8 Å². The number of amides is 1. The monoisotopic (exact) mass is 364 g/mol. The van der Waals surface area contributed by atoms with Gasteiger partial charge in [-0.15, -0.1) is 0 Å². The zero-order valence-electron chi connectivity index (χ0n) is 15.7. The normalized spacial score (nSPS) is 15.3. The van der Waals surface area contributed by atoms with E-state index >= 15 is 0 Å². The van der Waals surface area contributed by atoms with E-state index in [2.05, 4.69) is 39.6 Å². The van der Waals surface area contributed by atoms with Crippen molar-refractivity contribution in [2.24, 2.45) is 0 Å². The van der Waals surface area contributed by atoms with Crippen LogP contribution in [0.2, 0.25) is 0 Å². The van der Waals surface area contributed by atoms with Gasteiger partial charge in [0.05, 0.1) is 11.9 Å². The average molecular weight is 364 g/mol. The first-order valence-corrected chi connectivity index (χ1v) is 9.41. The van der Waals surface area contributed by atoms with Gasteiger partial charge in [-0.2, -0.15) is 5.10 Å². The van der Waals surface area contributed by atoms with E-state index in [4.69, 9.17) is 4.52 Å². The molecular formula is C21H24N4O2. The van der Waals surface area contributed by atoms with E-state index in [0.29, 0.717) is 22.9 Å². The summed E-state index contributed by atoms with van der Waals surface area (Å²) in [5.74, 6) is 1.03. The standard InChI is InChI=1S/C21H24N4O2/c1-14-19(15(2)27-24-14)21(26)25-10-8-17(9-11-25)20-18(13-22-23-20)12-16-6-4-3-5-7-16/h3-7,13,17H,8-12H2,1-2H3,(H,22,23). The minimum atomic E-state index is 0.0267. The third-order valence-corrected chi connectivity index (χ3v) is 5.43. The zero-order valence-corrected chi connectivity index (χ0v) is 15.7. The van der Waals surface area contributed by atoms with Crippen LogP contribution in [-0.4, -0.2) is 39.3 Å². The minimum Gasteiger partial charge on any atom is -0.361 e. The van der Waals surface area contributed by atoms with Crippen molar-refractivity contribution in [1.29, 1.82) is 0 Å². The summed E-state index contributed by atoms with van der Waals surface area (Å²) in [5, 5.41) is 11.4. The number of hydrogen-bond donors (Lipinski definition) is 1. The van der Waals surface area contributed by atoms with Gasteiger partial charge in [0.1, 0.15) is 11.3 Å². The van der Waals surface area contributed by atoms with Gasteiger partial charge in [0.15, 0.2) is 0 Å². The summed E-state index contributed by atoms with van der Waals surface area (Å²) in [4.78, 5) is 14.7. The fourth-order valence-corrected chi connectivity index (χ4v) is 3.95. The summed E-state index contributed by atoms with van der Waals surface area (Å²) in [6, 6.07) is 10.4. The summed E-state index contributed by atoms with van der Waals surface area (Å²) < 4.78 is 5.15. The minimum absolute atomic E-state index is 0.0267. The number of nitrogens with zero attached hydrogens (tertiary/aromatic N) is 3. The number of hydrogen-bond acceptors (Lipinski definition) is 4. The van der Waals surface area contributed by atoms with Gasteiger partial charge in [-0.3, -0.25) is 9.89 Å². The Morgan fingerprint density at radius 1 is 1.22 bits per heavy atom. The second-order valence-electron chi connectivity index (χ2n) is 7.24. The second kappa shape index (κ2) is 7.39. The van der Waals surface area contributed by atoms with Crippen LogP contribution in [0, 0.1) is 13.8 Å². The van der Waals surface area contributed by atoms with Crippen LogP contribution in [0.15, 0.2) is 41.1 Å². The molecule has 0 aliphatic carbocycles. The van der Waals surface area contributed by atoms with Gasteiger partial charge in [-0.05, 0) is 37.8 Å². The molecule has 1 fully saturated rings. The number of carbonyl (C=O) groups excluding carboxylic acids is 1. The van der Waals surface area contributed by atoms with Crippen LogP contribution in [-0.2, 0) is 6.42 Å². The molecule has 1 aromatic carbocycles. The molecule has 1 aliphatic heterocycles. The van der Waals surface area contributed by atoms with E-state index < -0.39 is 0 Å². The van der Waals surface area contributed by atoms with Gasteiger partial charge in [0, 0.05) is 31.1 Å². The molecule has 1 N–H and O–H groups in total. The van der Waals surface area contributed by atoms with Gasteiger partial charge in [0.2, 0.25) is 0 Å². The summed E-state index contributed by atoms with van der Waals surface area (Å²) >= 11 is 0. The Bertz CT molecular complexity index is 901. The van der Waals surface area contributed by atoms with Crippen molar-refractivity contribution in [3.63, 3.8) is 0 Å². The first-order valence-electron chi connectivity index (χ1n) is 9.41. The summed E-state index contributed by atoms with van der Waals surface area (Å²) in [6.45, 7) is 5.08. The van der Waals surface area contributed by atoms with Crippen molar-refractivity contribution in [1.82, 2.24) is 20.3 Å². The lowest BCUT2D eigenvalue weighted by Gasteiger charge is -2.32. The highest BCUT2D eigenvalue weighted by Crippen LogP contribution is 2.31. The molecule has 4 rings (SSSR count). The summed E-state index contributed by atoms with van der Waals surface area (Å²) in [6.07, 6.45) is 4.67. The molecule has 27 heavy (non-hydrogen) atoms. The van der Waals surface area contributed by atoms with E-state index in [0.717, 1.165) is 32.4 Å². The lowest BCUT2D eigenvalue weighted by atomic mass is 9.89. The summed E-state index contributed by atoms with van der Waals surface area (Å²) in [7, 11) is 0. The number of aromatic nitrogens is 3. The van der Waals surface area contributed by atoms with Gasteiger partial charge in [0.25, 0.3) is 5.91 Å². The maximum atomic E-state index is 12.8. The highest BCUT2D eigenvalue weighted by Gasteiger charge is 2.29. The quantitative estimate of drug-likeness (QED) is 0.767. The number of H-pyrrole nitrogens is 1. The molecule has 0 spiro atoms. The number of nitrogens with one attached hydrogen (secondary N) is 1. The number of aryl methyl sites for hydroxylation is 2. The Hall–Kier alpha value is -2.89. The molecule has 1 amide bonds. The zero-order chi connectivity index (χ0) is 18.8. The number of likely N-dealkylation sites (tertiary alicyclic amines) is 1. The lowest BCUT2D eigenvalue weighted by Crippen LogP contribution is -2.38. The summed E-state index contributed by atoms with van der Waals surface area (Å²) in [5.41, 5.74) is 5.02. The molecule has 0 bridgehead atoms. The molecule has 0 radical (unpaired) electrons. The molecule has 1 saturated heterocycles. The maximum Gasteiger partial charge on any atom is 0.259 e. The van der Waals surface area contributed by atoms with Crippen LogP contribution < -0.4 is 0 Å². The number of carbonyl (C=O) groups is 1. The first-order chi connectivity index (χ1) is 13.1. The fourth-order valence-electron chi connectivity index (χ4n) is 3.95. The Labute approximate surface area is 158 Å². The molecular weight excluding hydrogens is 340 g/mol. The van der Waals surface area contributed by atoms with Crippen LogP contribution in [0.3, 0.4) is 0 Å². The largest absolute Gasteiger partial charge is 0.361 e. The second-order valence-corrected chi connectivity index (χ2v) is 7.24. The van der Waals surface area contributed by atoms with Crippen molar-refractivity contribution in [2.75, 3.05) is 13.1 Å². The smallest absolute Gasteiger partial charge is 0.259 e. The average Bonchev–Trinajstić information content (AvgIpc) is 3.28. The molecule has 0 saturated carbocycles. The number of rotatable bonds is 4. The molecule has 2 aromatic heterocycles. The van der Waals surface area contributed by atoms with Crippen molar-refractivity contribution >= 4 is 5.91 Å². The number of benzene rings is 1. The van der Waals surface area contributed by atoms with Crippen LogP contribution in [0.4, 0.5) is 0 Å². The molecule has 1 aliphatic rings. The third kappa shape index (κ3) is 3.52. The molecule has 0 unspecified atom stereocenters. The van der Waals surface area contributed by atoms with E-state index in [-0.39, 0.29) is 5.91 Å². The Kier molecular flexibility index (Phi) is 4.79. The molecule has 140 valence electrons. The van der Waals surface area contributed by atoms with Gasteiger partial charge in [-0.25, -0.2) is 0 Å². The molecule has 3 heterocycles. The topological polar surface area (TPSA) is 75.0 Å². The van der Waals surface area contributed by atoms with Crippen molar-refractivity contribution in [3.05, 3.63) is 70.4 Å². The number of piperidine rings is 1. The third-order valence-electron chi connectivity index (χ3n) is 5.43. The van der Waals surface area contributed by atoms with Crippen molar-refractivity contribution in [2.45, 2.75) is 39.0 Å². The number of aromatic amines is 1. The van der Waals surface area contributed by atoms with Gasteiger partial charge < -0.3 is 9.42 Å². The van der Waals surface area contributed by atoms with Crippen molar-refractivity contribution in [3.8, 4) is 0 Å². The molecule has 0 atom stereocenters. The van der Waals surface area contributed by atoms with E-state index in [1.807, 2.05) is 24.1 Å². The van der Waals surface area contributed by atoms with Gasteiger partial charge >= 0.3 is 0 Å². The molecule has 6 nitrogen and oxygen atoms in total. The Balaban J connectivity index is 1.43. The first kappa shape index (κ1) is 17.5. The van der Waals surface area contributed by atoms with Crippen LogP contribution in [0.1, 0.15) is 57.4 Å². The van der Waals surface area contributed by atoms with Gasteiger partial charge in [-0.1, -0.05) is 35.5 Å². The van der Waals surface area contributed by atoms with E-state index in [1.54, 1.807) is 6.92 Å². The molecule has 3 aromatic rings. The SMILES string of the molecule is Cc1noc(C)c1C(=O)N1CCC(c2[nH]ncc2Cc2ccccc2)CC1. The molecule has 6 heteroatoms. The predicted molar refractivity (Wildman–Crippen MR) is 102 cm³/mol.